The largest absolute Gasteiger partial charge is 0.466 e. The van der Waals surface area contributed by atoms with E-state index in [0.29, 0.717) is 0 Å². The molecule has 0 atom stereocenters. The molecular formula is C6H7NO3. The number of methoxy groups -OCH3 is 1. The summed E-state index contributed by atoms with van der Waals surface area (Å²) >= 11 is 0. The van der Waals surface area contributed by atoms with Gasteiger partial charge in [-0.05, 0) is 0 Å². The van der Waals surface area contributed by atoms with Crippen molar-refractivity contribution in [2.75, 3.05) is 13.7 Å². The van der Waals surface area contributed by atoms with E-state index in [1.54, 1.807) is 0 Å². The number of ether oxygens (including phenoxy) is 1. The van der Waals surface area contributed by atoms with Crippen LogP contribution in [-0.2, 0) is 14.3 Å². The van der Waals surface area contributed by atoms with Crippen LogP contribution in [0.4, 0.5) is 0 Å². The fourth-order valence-electron chi connectivity index (χ4n) is 0.337. The molecule has 0 aliphatic carbocycles. The molecule has 0 fully saturated rings. The molecule has 0 bridgehead atoms. The van der Waals surface area contributed by atoms with Crippen molar-refractivity contribution in [3.63, 3.8) is 0 Å². The SMILES string of the molecule is C=C(CN=C=O)C(=O)OC. The van der Waals surface area contributed by atoms with Crippen molar-refractivity contribution in [3.05, 3.63) is 12.2 Å². The first kappa shape index (κ1) is 8.59. The average Bonchev–Trinajstić information content (AvgIpc) is 1.98. The number of rotatable bonds is 3. The quantitative estimate of drug-likeness (QED) is 0.241. The third-order valence-corrected chi connectivity index (χ3v) is 0.809. The molecule has 0 heterocycles. The molecule has 0 amide bonds. The third-order valence-electron chi connectivity index (χ3n) is 0.809. The first-order valence-corrected chi connectivity index (χ1v) is 2.52. The van der Waals surface area contributed by atoms with Crippen LogP contribution in [0.25, 0.3) is 0 Å². The monoisotopic (exact) mass is 141 g/mol. The van der Waals surface area contributed by atoms with Crippen LogP contribution in [0.3, 0.4) is 0 Å². The number of aliphatic imine (C=N–C) groups is 1. The van der Waals surface area contributed by atoms with E-state index in [2.05, 4.69) is 16.3 Å². The second-order valence-electron chi connectivity index (χ2n) is 1.50. The number of nitrogens with zero attached hydrogens (tertiary/aromatic N) is 1. The molecule has 0 spiro atoms. The van der Waals surface area contributed by atoms with E-state index in [0.717, 1.165) is 0 Å². The van der Waals surface area contributed by atoms with E-state index in [-0.39, 0.29) is 12.1 Å². The van der Waals surface area contributed by atoms with Crippen molar-refractivity contribution in [2.24, 2.45) is 4.99 Å². The van der Waals surface area contributed by atoms with E-state index in [4.69, 9.17) is 0 Å². The van der Waals surface area contributed by atoms with Crippen molar-refractivity contribution in [3.8, 4) is 0 Å². The topological polar surface area (TPSA) is 55.7 Å². The number of carbonyl (C=O) groups is 1. The maximum absolute atomic E-state index is 10.5. The summed E-state index contributed by atoms with van der Waals surface area (Å²) in [6.07, 6.45) is 1.28. The highest BCUT2D eigenvalue weighted by atomic mass is 16.5. The fourth-order valence-corrected chi connectivity index (χ4v) is 0.337. The van der Waals surface area contributed by atoms with Gasteiger partial charge in [-0.15, -0.1) is 0 Å². The van der Waals surface area contributed by atoms with Gasteiger partial charge in [0.05, 0.1) is 19.2 Å². The van der Waals surface area contributed by atoms with Crippen molar-refractivity contribution in [1.29, 1.82) is 0 Å². The van der Waals surface area contributed by atoms with Gasteiger partial charge in [-0.3, -0.25) is 0 Å². The first-order valence-electron chi connectivity index (χ1n) is 2.52. The highest BCUT2D eigenvalue weighted by Gasteiger charge is 2.03. The van der Waals surface area contributed by atoms with E-state index in [9.17, 15) is 9.59 Å². The van der Waals surface area contributed by atoms with Gasteiger partial charge in [-0.1, -0.05) is 6.58 Å². The van der Waals surface area contributed by atoms with Crippen LogP contribution in [0.5, 0.6) is 0 Å². The number of hydrogen-bond acceptors (Lipinski definition) is 4. The normalized spacial score (nSPS) is 7.70. The molecule has 4 nitrogen and oxygen atoms in total. The standard InChI is InChI=1S/C6H7NO3/c1-5(3-7-4-8)6(9)10-2/h1,3H2,2H3. The third kappa shape index (κ3) is 2.79. The van der Waals surface area contributed by atoms with Crippen LogP contribution in [0.15, 0.2) is 17.1 Å². The molecule has 0 rings (SSSR count). The zero-order valence-electron chi connectivity index (χ0n) is 5.59. The van der Waals surface area contributed by atoms with Crippen LogP contribution in [0.1, 0.15) is 0 Å². The highest BCUT2D eigenvalue weighted by molar-refractivity contribution is 5.88. The number of hydrogen-bond donors (Lipinski definition) is 0. The van der Waals surface area contributed by atoms with Crippen molar-refractivity contribution in [1.82, 2.24) is 0 Å². The second kappa shape index (κ2) is 4.47. The lowest BCUT2D eigenvalue weighted by Crippen LogP contribution is -2.05. The summed E-state index contributed by atoms with van der Waals surface area (Å²) in [6, 6.07) is 0. The predicted molar refractivity (Wildman–Crippen MR) is 34.1 cm³/mol. The Kier molecular flexibility index (Phi) is 3.84. The maximum Gasteiger partial charge on any atom is 0.335 e. The Hall–Kier alpha value is -1.41. The second-order valence-corrected chi connectivity index (χ2v) is 1.50. The van der Waals surface area contributed by atoms with Gasteiger partial charge in [0.2, 0.25) is 6.08 Å². The van der Waals surface area contributed by atoms with Crippen LogP contribution < -0.4 is 0 Å². The molecule has 0 radical (unpaired) electrons. The number of carbonyl (C=O) groups excluding carboxylic acids is 2. The Morgan fingerprint density at radius 2 is 2.40 bits per heavy atom. The van der Waals surface area contributed by atoms with Gasteiger partial charge >= 0.3 is 5.97 Å². The number of esters is 1. The minimum absolute atomic E-state index is 0.0455. The van der Waals surface area contributed by atoms with E-state index < -0.39 is 5.97 Å². The van der Waals surface area contributed by atoms with E-state index in [1.165, 1.54) is 13.2 Å². The summed E-state index contributed by atoms with van der Waals surface area (Å²) in [4.78, 5) is 23.2. The Morgan fingerprint density at radius 1 is 1.80 bits per heavy atom. The summed E-state index contributed by atoms with van der Waals surface area (Å²) in [5, 5.41) is 0. The van der Waals surface area contributed by atoms with Gasteiger partial charge in [0.1, 0.15) is 0 Å². The Bertz CT molecular complexity index is 191. The van der Waals surface area contributed by atoms with Gasteiger partial charge in [0, 0.05) is 0 Å². The van der Waals surface area contributed by atoms with Gasteiger partial charge in [-0.25, -0.2) is 14.6 Å². The predicted octanol–water partition coefficient (Wildman–Crippen LogP) is 0.0514. The minimum atomic E-state index is -0.556. The molecule has 0 unspecified atom stereocenters. The molecule has 0 aromatic carbocycles. The lowest BCUT2D eigenvalue weighted by Gasteiger charge is -1.95. The molecule has 54 valence electrons. The molecular weight excluding hydrogens is 134 g/mol. The maximum atomic E-state index is 10.5. The lowest BCUT2D eigenvalue weighted by molar-refractivity contribution is -0.136. The van der Waals surface area contributed by atoms with Gasteiger partial charge < -0.3 is 4.74 Å². The smallest absolute Gasteiger partial charge is 0.335 e. The Balaban J connectivity index is 3.85. The molecule has 0 saturated heterocycles. The molecule has 0 saturated carbocycles. The highest BCUT2D eigenvalue weighted by Crippen LogP contribution is 1.92. The summed E-state index contributed by atoms with van der Waals surface area (Å²) in [5.41, 5.74) is 0.144. The van der Waals surface area contributed by atoms with Crippen LogP contribution >= 0.6 is 0 Å². The molecule has 10 heavy (non-hydrogen) atoms. The first-order chi connectivity index (χ1) is 4.72. The molecule has 0 aliphatic rings. The Morgan fingerprint density at radius 3 is 2.80 bits per heavy atom. The van der Waals surface area contributed by atoms with Crippen molar-refractivity contribution in [2.45, 2.75) is 0 Å². The van der Waals surface area contributed by atoms with Crippen LogP contribution in [0.2, 0.25) is 0 Å². The minimum Gasteiger partial charge on any atom is -0.466 e. The Labute approximate surface area is 58.2 Å². The van der Waals surface area contributed by atoms with Crippen LogP contribution in [-0.4, -0.2) is 25.7 Å². The molecule has 0 aromatic heterocycles. The van der Waals surface area contributed by atoms with E-state index >= 15 is 0 Å². The summed E-state index contributed by atoms with van der Waals surface area (Å²) in [6.45, 7) is 3.27. The lowest BCUT2D eigenvalue weighted by atomic mass is 10.3. The van der Waals surface area contributed by atoms with Crippen molar-refractivity contribution >= 4 is 12.0 Å². The van der Waals surface area contributed by atoms with Crippen LogP contribution in [0, 0.1) is 0 Å². The van der Waals surface area contributed by atoms with Gasteiger partial charge in [-0.2, -0.15) is 0 Å². The fraction of sp³-hybridized carbons (Fsp3) is 0.333. The molecule has 0 aromatic rings. The summed E-state index contributed by atoms with van der Waals surface area (Å²) in [5.74, 6) is -0.556. The number of isocyanates is 1. The summed E-state index contributed by atoms with van der Waals surface area (Å²) in [7, 11) is 1.23. The molecule has 0 aliphatic heterocycles. The van der Waals surface area contributed by atoms with E-state index in [1.807, 2.05) is 0 Å². The van der Waals surface area contributed by atoms with Gasteiger partial charge in [0.25, 0.3) is 0 Å². The molecule has 0 N–H and O–H groups in total. The zero-order chi connectivity index (χ0) is 7.98. The summed E-state index contributed by atoms with van der Waals surface area (Å²) < 4.78 is 4.28. The van der Waals surface area contributed by atoms with Gasteiger partial charge in [0.15, 0.2) is 0 Å². The molecule has 4 heteroatoms. The average molecular weight is 141 g/mol. The zero-order valence-corrected chi connectivity index (χ0v) is 5.59. The van der Waals surface area contributed by atoms with Crippen molar-refractivity contribution < 1.29 is 14.3 Å².